The van der Waals surface area contributed by atoms with Gasteiger partial charge in [0, 0.05) is 18.1 Å². The van der Waals surface area contributed by atoms with Crippen molar-refractivity contribution < 1.29 is 9.15 Å². The van der Waals surface area contributed by atoms with Crippen molar-refractivity contribution in [3.8, 4) is 5.75 Å². The zero-order valence-corrected chi connectivity index (χ0v) is 15.4. The van der Waals surface area contributed by atoms with Crippen molar-refractivity contribution in [3.63, 3.8) is 0 Å². The van der Waals surface area contributed by atoms with E-state index < -0.39 is 0 Å². The lowest BCUT2D eigenvalue weighted by Gasteiger charge is -2.00. The van der Waals surface area contributed by atoms with Crippen molar-refractivity contribution in [3.05, 3.63) is 71.5 Å². The summed E-state index contributed by atoms with van der Waals surface area (Å²) >= 11 is 1.49. The molecule has 4 aromatic rings. The Morgan fingerprint density at radius 3 is 2.73 bits per heavy atom. The predicted octanol–water partition coefficient (Wildman–Crippen LogP) is 3.92. The van der Waals surface area contributed by atoms with Gasteiger partial charge in [-0.05, 0) is 36.2 Å². The second-order valence-electron chi connectivity index (χ2n) is 5.98. The van der Waals surface area contributed by atoms with Crippen LogP contribution >= 0.6 is 11.8 Å². The minimum Gasteiger partial charge on any atom is -0.497 e. The van der Waals surface area contributed by atoms with Crippen LogP contribution in [0.1, 0.15) is 22.7 Å². The third-order valence-corrected chi connectivity index (χ3v) is 4.81. The van der Waals surface area contributed by atoms with Crippen molar-refractivity contribution in [2.75, 3.05) is 7.11 Å². The Hall–Kier alpha value is -2.80. The molecule has 3 aromatic heterocycles. The quantitative estimate of drug-likeness (QED) is 0.482. The van der Waals surface area contributed by atoms with Crippen LogP contribution in [0.15, 0.2) is 58.4 Å². The van der Waals surface area contributed by atoms with Crippen LogP contribution in [0.4, 0.5) is 0 Å². The summed E-state index contributed by atoms with van der Waals surface area (Å²) in [7, 11) is 1.65. The van der Waals surface area contributed by atoms with Gasteiger partial charge in [-0.25, -0.2) is 4.98 Å². The lowest BCUT2D eigenvalue weighted by molar-refractivity contribution is 0.413. The van der Waals surface area contributed by atoms with Crippen LogP contribution in [-0.4, -0.2) is 26.7 Å². The van der Waals surface area contributed by atoms with Crippen molar-refractivity contribution in [2.24, 2.45) is 0 Å². The van der Waals surface area contributed by atoms with E-state index >= 15 is 0 Å². The average Bonchev–Trinajstić information content (AvgIpc) is 3.26. The van der Waals surface area contributed by atoms with Gasteiger partial charge in [-0.2, -0.15) is 0 Å². The van der Waals surface area contributed by atoms with Crippen LogP contribution in [0.3, 0.4) is 0 Å². The summed E-state index contributed by atoms with van der Waals surface area (Å²) in [6.07, 6.45) is 4.70. The summed E-state index contributed by atoms with van der Waals surface area (Å²) in [6, 6.07) is 11.9. The number of nitrogens with zero attached hydrogens (tertiary/aromatic N) is 4. The number of imidazole rings is 1. The van der Waals surface area contributed by atoms with Crippen LogP contribution in [-0.2, 0) is 12.2 Å². The standard InChI is InChI=1S/C19H18N4O2S/c1-13-3-8-17-20-15(11-23(17)10-13)12-26-19-22-21-18(25-19)9-14-4-6-16(24-2)7-5-14/h3-8,10-11H,9,12H2,1-2H3. The van der Waals surface area contributed by atoms with E-state index in [-0.39, 0.29) is 0 Å². The van der Waals surface area contributed by atoms with Crippen molar-refractivity contribution in [2.45, 2.75) is 24.3 Å². The van der Waals surface area contributed by atoms with Crippen LogP contribution in [0.2, 0.25) is 0 Å². The van der Waals surface area contributed by atoms with Crippen LogP contribution in [0, 0.1) is 6.92 Å². The maximum absolute atomic E-state index is 5.73. The van der Waals surface area contributed by atoms with Crippen LogP contribution in [0.25, 0.3) is 5.65 Å². The minimum absolute atomic E-state index is 0.557. The number of hydrogen-bond acceptors (Lipinski definition) is 6. The normalized spacial score (nSPS) is 11.2. The predicted molar refractivity (Wildman–Crippen MR) is 99.6 cm³/mol. The van der Waals surface area contributed by atoms with Gasteiger partial charge < -0.3 is 13.6 Å². The summed E-state index contributed by atoms with van der Waals surface area (Å²) in [5, 5.41) is 8.80. The molecule has 0 aliphatic heterocycles. The number of fused-ring (bicyclic) bond motifs is 1. The Kier molecular flexibility index (Phi) is 4.62. The number of pyridine rings is 1. The Labute approximate surface area is 155 Å². The van der Waals surface area contributed by atoms with Crippen molar-refractivity contribution >= 4 is 17.4 Å². The summed E-state index contributed by atoms with van der Waals surface area (Å²) in [4.78, 5) is 4.60. The first-order valence-corrected chi connectivity index (χ1v) is 9.20. The molecule has 132 valence electrons. The number of aryl methyl sites for hydroxylation is 1. The molecule has 0 saturated carbocycles. The zero-order valence-electron chi connectivity index (χ0n) is 14.5. The number of ether oxygens (including phenoxy) is 1. The van der Waals surface area contributed by atoms with E-state index in [9.17, 15) is 0 Å². The molecule has 0 fully saturated rings. The van der Waals surface area contributed by atoms with E-state index in [4.69, 9.17) is 9.15 Å². The van der Waals surface area contributed by atoms with E-state index in [2.05, 4.69) is 34.4 Å². The maximum atomic E-state index is 5.73. The number of benzene rings is 1. The molecule has 0 atom stereocenters. The third kappa shape index (κ3) is 3.72. The van der Waals surface area contributed by atoms with E-state index in [1.807, 2.05) is 40.9 Å². The highest BCUT2D eigenvalue weighted by Crippen LogP contribution is 2.23. The first-order valence-electron chi connectivity index (χ1n) is 8.22. The van der Waals surface area contributed by atoms with Crippen LogP contribution < -0.4 is 4.74 Å². The van der Waals surface area contributed by atoms with Crippen molar-refractivity contribution in [1.82, 2.24) is 19.6 Å². The van der Waals surface area contributed by atoms with Gasteiger partial charge in [-0.15, -0.1) is 10.2 Å². The lowest BCUT2D eigenvalue weighted by atomic mass is 10.1. The first-order chi connectivity index (χ1) is 12.7. The Bertz CT molecular complexity index is 1020. The molecule has 0 amide bonds. The Morgan fingerprint density at radius 2 is 1.92 bits per heavy atom. The van der Waals surface area contributed by atoms with Gasteiger partial charge >= 0.3 is 0 Å². The first kappa shape index (κ1) is 16.7. The molecule has 26 heavy (non-hydrogen) atoms. The monoisotopic (exact) mass is 366 g/mol. The molecule has 3 heterocycles. The fourth-order valence-electron chi connectivity index (χ4n) is 2.65. The smallest absolute Gasteiger partial charge is 0.276 e. The summed E-state index contributed by atoms with van der Waals surface area (Å²) in [6.45, 7) is 2.07. The van der Waals surface area contributed by atoms with E-state index in [0.29, 0.717) is 23.3 Å². The molecule has 0 spiro atoms. The van der Waals surface area contributed by atoms with Gasteiger partial charge in [0.25, 0.3) is 5.22 Å². The summed E-state index contributed by atoms with van der Waals surface area (Å²) in [5.74, 6) is 2.12. The zero-order chi connectivity index (χ0) is 17.9. The van der Waals surface area contributed by atoms with Gasteiger partial charge in [-0.3, -0.25) is 0 Å². The topological polar surface area (TPSA) is 65.5 Å². The molecule has 0 aliphatic rings. The number of thioether (sulfide) groups is 1. The fraction of sp³-hybridized carbons (Fsp3) is 0.211. The minimum atomic E-state index is 0.557. The molecule has 0 saturated heterocycles. The second-order valence-corrected chi connectivity index (χ2v) is 6.91. The molecule has 0 aliphatic carbocycles. The maximum Gasteiger partial charge on any atom is 0.276 e. The summed E-state index contributed by atoms with van der Waals surface area (Å²) in [5.41, 5.74) is 4.23. The molecular weight excluding hydrogens is 348 g/mol. The van der Waals surface area contributed by atoms with Gasteiger partial charge in [0.15, 0.2) is 0 Å². The number of methoxy groups -OCH3 is 1. The Balaban J connectivity index is 1.39. The van der Waals surface area contributed by atoms with Gasteiger partial charge in [0.2, 0.25) is 5.89 Å². The molecule has 7 heteroatoms. The SMILES string of the molecule is COc1ccc(Cc2nnc(SCc3cn4cc(C)ccc4n3)o2)cc1. The molecule has 0 bridgehead atoms. The van der Waals surface area contributed by atoms with Gasteiger partial charge in [0.1, 0.15) is 11.4 Å². The van der Waals surface area contributed by atoms with E-state index in [1.54, 1.807) is 7.11 Å². The number of rotatable bonds is 6. The third-order valence-electron chi connectivity index (χ3n) is 3.96. The molecule has 0 N–H and O–H groups in total. The van der Waals surface area contributed by atoms with Gasteiger partial charge in [-0.1, -0.05) is 30.0 Å². The fourth-order valence-corrected chi connectivity index (χ4v) is 3.31. The highest BCUT2D eigenvalue weighted by atomic mass is 32.2. The largest absolute Gasteiger partial charge is 0.497 e. The van der Waals surface area contributed by atoms with Gasteiger partial charge in [0.05, 0.1) is 19.2 Å². The highest BCUT2D eigenvalue weighted by molar-refractivity contribution is 7.98. The number of hydrogen-bond donors (Lipinski definition) is 0. The summed E-state index contributed by atoms with van der Waals surface area (Å²) < 4.78 is 12.9. The number of aromatic nitrogens is 4. The molecule has 1 aromatic carbocycles. The highest BCUT2D eigenvalue weighted by Gasteiger charge is 2.10. The Morgan fingerprint density at radius 1 is 1.08 bits per heavy atom. The lowest BCUT2D eigenvalue weighted by Crippen LogP contribution is -1.89. The molecule has 4 rings (SSSR count). The van der Waals surface area contributed by atoms with E-state index in [1.165, 1.54) is 17.3 Å². The van der Waals surface area contributed by atoms with Crippen LogP contribution in [0.5, 0.6) is 5.75 Å². The molecular formula is C19H18N4O2S. The van der Waals surface area contributed by atoms with E-state index in [0.717, 1.165) is 22.7 Å². The molecule has 0 radical (unpaired) electrons. The molecule has 0 unspecified atom stereocenters. The average molecular weight is 366 g/mol. The molecule has 6 nitrogen and oxygen atoms in total. The van der Waals surface area contributed by atoms with Crippen molar-refractivity contribution in [1.29, 1.82) is 0 Å². The second kappa shape index (κ2) is 7.21.